The van der Waals surface area contributed by atoms with Gasteiger partial charge >= 0.3 is 0 Å². The highest BCUT2D eigenvalue weighted by molar-refractivity contribution is 5.92. The van der Waals surface area contributed by atoms with E-state index in [-0.39, 0.29) is 18.3 Å². The normalized spacial score (nSPS) is 14.0. The number of aromatic nitrogens is 1. The molecule has 0 atom stereocenters. The van der Waals surface area contributed by atoms with E-state index in [1.807, 2.05) is 0 Å². The van der Waals surface area contributed by atoms with Crippen molar-refractivity contribution < 1.29 is 4.79 Å². The summed E-state index contributed by atoms with van der Waals surface area (Å²) in [5, 5.41) is 2.84. The Morgan fingerprint density at radius 2 is 2.25 bits per heavy atom. The molecule has 0 bridgehead atoms. The highest BCUT2D eigenvalue weighted by Gasteiger charge is 2.20. The Morgan fingerprint density at radius 1 is 1.50 bits per heavy atom. The standard InChI is InChI=1S/C11H15N3O.ClH/c12-10-3-1-2-9(14-10)11(15)13-7-6-8-4-5-8;/h1-3,8H,4-7H2,(H2,12,14)(H,13,15);1H. The third kappa shape index (κ3) is 3.70. The maximum atomic E-state index is 11.6. The lowest BCUT2D eigenvalue weighted by molar-refractivity contribution is 0.0948. The molecular weight excluding hydrogens is 226 g/mol. The smallest absolute Gasteiger partial charge is 0.269 e. The van der Waals surface area contributed by atoms with Gasteiger partial charge in [-0.15, -0.1) is 12.4 Å². The van der Waals surface area contributed by atoms with Crippen LogP contribution in [0.25, 0.3) is 0 Å². The van der Waals surface area contributed by atoms with Gasteiger partial charge < -0.3 is 11.1 Å². The monoisotopic (exact) mass is 241 g/mol. The number of carbonyl (C=O) groups is 1. The van der Waals surface area contributed by atoms with Gasteiger partial charge in [-0.1, -0.05) is 18.9 Å². The van der Waals surface area contributed by atoms with E-state index in [4.69, 9.17) is 5.73 Å². The van der Waals surface area contributed by atoms with Gasteiger partial charge in [-0.25, -0.2) is 4.98 Å². The first kappa shape index (κ1) is 12.8. The van der Waals surface area contributed by atoms with E-state index >= 15 is 0 Å². The molecule has 1 aromatic rings. The maximum absolute atomic E-state index is 11.6. The number of nitrogens with one attached hydrogen (secondary N) is 1. The fourth-order valence-electron chi connectivity index (χ4n) is 1.46. The summed E-state index contributed by atoms with van der Waals surface area (Å²) in [4.78, 5) is 15.5. The molecular formula is C11H16ClN3O. The summed E-state index contributed by atoms with van der Waals surface area (Å²) < 4.78 is 0. The summed E-state index contributed by atoms with van der Waals surface area (Å²) in [6, 6.07) is 5.07. The van der Waals surface area contributed by atoms with Crippen molar-refractivity contribution in [3.05, 3.63) is 23.9 Å². The molecule has 1 heterocycles. The Hall–Kier alpha value is -1.29. The second-order valence-electron chi connectivity index (χ2n) is 3.94. The van der Waals surface area contributed by atoms with Gasteiger partial charge in [-0.05, 0) is 24.5 Å². The zero-order valence-electron chi connectivity index (χ0n) is 8.98. The number of hydrogen-bond acceptors (Lipinski definition) is 3. The summed E-state index contributed by atoms with van der Waals surface area (Å²) in [5.74, 6) is 1.08. The van der Waals surface area contributed by atoms with Crippen LogP contribution in [0.2, 0.25) is 0 Å². The van der Waals surface area contributed by atoms with Crippen molar-refractivity contribution in [3.8, 4) is 0 Å². The molecule has 1 aromatic heterocycles. The number of pyridine rings is 1. The van der Waals surface area contributed by atoms with Gasteiger partial charge in [0.25, 0.3) is 5.91 Å². The molecule has 3 N–H and O–H groups in total. The third-order valence-electron chi connectivity index (χ3n) is 2.54. The molecule has 0 radical (unpaired) electrons. The third-order valence-corrected chi connectivity index (χ3v) is 2.54. The Kier molecular flexibility index (Phi) is 4.55. The van der Waals surface area contributed by atoms with Crippen LogP contribution in [0.4, 0.5) is 5.82 Å². The van der Waals surface area contributed by atoms with Crippen LogP contribution in [0.5, 0.6) is 0 Å². The largest absolute Gasteiger partial charge is 0.384 e. The predicted octanol–water partition coefficient (Wildman–Crippen LogP) is 1.62. The number of carbonyl (C=O) groups excluding carboxylic acids is 1. The molecule has 2 rings (SSSR count). The number of rotatable bonds is 4. The van der Waals surface area contributed by atoms with Gasteiger partial charge in [0.1, 0.15) is 11.5 Å². The first-order valence-electron chi connectivity index (χ1n) is 5.26. The lowest BCUT2D eigenvalue weighted by Gasteiger charge is -2.03. The summed E-state index contributed by atoms with van der Waals surface area (Å²) >= 11 is 0. The van der Waals surface area contributed by atoms with Gasteiger partial charge in [-0.3, -0.25) is 4.79 Å². The lowest BCUT2D eigenvalue weighted by Crippen LogP contribution is -2.25. The number of amides is 1. The van der Waals surface area contributed by atoms with Gasteiger partial charge in [0, 0.05) is 6.54 Å². The molecule has 0 spiro atoms. The van der Waals surface area contributed by atoms with E-state index in [1.54, 1.807) is 18.2 Å². The van der Waals surface area contributed by atoms with Crippen molar-refractivity contribution >= 4 is 24.1 Å². The van der Waals surface area contributed by atoms with Crippen LogP contribution in [0, 0.1) is 5.92 Å². The van der Waals surface area contributed by atoms with Gasteiger partial charge in [0.05, 0.1) is 0 Å². The fraction of sp³-hybridized carbons (Fsp3) is 0.455. The molecule has 1 amide bonds. The predicted molar refractivity (Wildman–Crippen MR) is 65.6 cm³/mol. The second kappa shape index (κ2) is 5.70. The molecule has 1 fully saturated rings. The Morgan fingerprint density at radius 3 is 2.88 bits per heavy atom. The summed E-state index contributed by atoms with van der Waals surface area (Å²) in [7, 11) is 0. The van der Waals surface area contributed by atoms with E-state index < -0.39 is 0 Å². The SMILES string of the molecule is Cl.Nc1cccc(C(=O)NCCC2CC2)n1. The lowest BCUT2D eigenvalue weighted by atomic mass is 10.3. The molecule has 16 heavy (non-hydrogen) atoms. The number of nitrogens with zero attached hydrogens (tertiary/aromatic N) is 1. The minimum atomic E-state index is -0.136. The van der Waals surface area contributed by atoms with Crippen LogP contribution in [0.15, 0.2) is 18.2 Å². The molecule has 1 aliphatic rings. The van der Waals surface area contributed by atoms with E-state index in [1.165, 1.54) is 12.8 Å². The summed E-state index contributed by atoms with van der Waals surface area (Å²) in [6.07, 6.45) is 3.70. The van der Waals surface area contributed by atoms with Gasteiger partial charge in [-0.2, -0.15) is 0 Å². The summed E-state index contributed by atoms with van der Waals surface area (Å²) in [6.45, 7) is 0.736. The number of anilines is 1. The number of halogens is 1. The van der Waals surface area contributed by atoms with Crippen molar-refractivity contribution in [2.24, 2.45) is 5.92 Å². The van der Waals surface area contributed by atoms with E-state index in [9.17, 15) is 4.79 Å². The van der Waals surface area contributed by atoms with Crippen LogP contribution in [-0.2, 0) is 0 Å². The highest BCUT2D eigenvalue weighted by atomic mass is 35.5. The Bertz CT molecular complexity index is 366. The zero-order valence-corrected chi connectivity index (χ0v) is 9.80. The second-order valence-corrected chi connectivity index (χ2v) is 3.94. The van der Waals surface area contributed by atoms with Crippen LogP contribution >= 0.6 is 12.4 Å². The van der Waals surface area contributed by atoms with Crippen LogP contribution in [-0.4, -0.2) is 17.4 Å². The van der Waals surface area contributed by atoms with E-state index in [2.05, 4.69) is 10.3 Å². The average Bonchev–Trinajstić information content (AvgIpc) is 3.01. The molecule has 5 heteroatoms. The summed E-state index contributed by atoms with van der Waals surface area (Å²) in [5.41, 5.74) is 5.89. The van der Waals surface area contributed by atoms with E-state index in [0.29, 0.717) is 11.5 Å². The molecule has 1 saturated carbocycles. The Balaban J connectivity index is 0.00000128. The van der Waals surface area contributed by atoms with Crippen molar-refractivity contribution in [1.29, 1.82) is 0 Å². The Labute approximate surface area is 101 Å². The molecule has 88 valence electrons. The molecule has 0 aromatic carbocycles. The van der Waals surface area contributed by atoms with Gasteiger partial charge in [0.2, 0.25) is 0 Å². The van der Waals surface area contributed by atoms with Crippen molar-refractivity contribution in [3.63, 3.8) is 0 Å². The van der Waals surface area contributed by atoms with E-state index in [0.717, 1.165) is 18.9 Å². The fourth-order valence-corrected chi connectivity index (χ4v) is 1.46. The first-order chi connectivity index (χ1) is 7.25. The van der Waals surface area contributed by atoms with Crippen LogP contribution < -0.4 is 11.1 Å². The molecule has 0 aliphatic heterocycles. The quantitative estimate of drug-likeness (QED) is 0.842. The topological polar surface area (TPSA) is 68.0 Å². The molecule has 0 unspecified atom stereocenters. The van der Waals surface area contributed by atoms with Crippen LogP contribution in [0.1, 0.15) is 29.8 Å². The highest BCUT2D eigenvalue weighted by Crippen LogP contribution is 2.31. The van der Waals surface area contributed by atoms with Gasteiger partial charge in [0.15, 0.2) is 0 Å². The van der Waals surface area contributed by atoms with Crippen molar-refractivity contribution in [2.45, 2.75) is 19.3 Å². The van der Waals surface area contributed by atoms with Crippen LogP contribution in [0.3, 0.4) is 0 Å². The number of nitrogens with two attached hydrogens (primary N) is 1. The zero-order chi connectivity index (χ0) is 10.7. The number of nitrogen functional groups attached to an aromatic ring is 1. The molecule has 1 aliphatic carbocycles. The minimum Gasteiger partial charge on any atom is -0.384 e. The average molecular weight is 242 g/mol. The first-order valence-corrected chi connectivity index (χ1v) is 5.26. The maximum Gasteiger partial charge on any atom is 0.269 e. The molecule has 4 nitrogen and oxygen atoms in total. The minimum absolute atomic E-state index is 0. The molecule has 0 saturated heterocycles. The number of hydrogen-bond donors (Lipinski definition) is 2. The van der Waals surface area contributed by atoms with Crippen molar-refractivity contribution in [1.82, 2.24) is 10.3 Å². The van der Waals surface area contributed by atoms with Crippen molar-refractivity contribution in [2.75, 3.05) is 12.3 Å².